The Morgan fingerprint density at radius 3 is 2.44 bits per heavy atom. The highest BCUT2D eigenvalue weighted by Crippen LogP contribution is 2.52. The van der Waals surface area contributed by atoms with Crippen LogP contribution in [0.2, 0.25) is 10.0 Å². The molecule has 0 bridgehead atoms. The number of carbonyl (C=O) groups is 1. The standard InChI is InChI=1S/C27H33Cl2NO2/c1-5-14-27(4)17-24(20-8-7-9-22(29)16-20)25(19-10-12-21(28)13-11-19)30(26(27)32)23(6-2)15-18(3)31/h5,7-13,16,18,23-25,31H,1,6,14-15,17H2,2-4H3/t18?,23-,24+,25?,27-/m0/s1. The Morgan fingerprint density at radius 1 is 1.19 bits per heavy atom. The molecule has 1 heterocycles. The molecule has 172 valence electrons. The quantitative estimate of drug-likeness (QED) is 0.412. The Balaban J connectivity index is 2.22. The number of hydrogen-bond donors (Lipinski definition) is 1. The van der Waals surface area contributed by atoms with E-state index in [1.807, 2.05) is 60.4 Å². The molecule has 1 aliphatic rings. The highest BCUT2D eigenvalue weighted by Gasteiger charge is 2.50. The second-order valence-corrected chi connectivity index (χ2v) is 10.1. The van der Waals surface area contributed by atoms with E-state index in [0.717, 1.165) is 17.5 Å². The molecule has 3 nitrogen and oxygen atoms in total. The summed E-state index contributed by atoms with van der Waals surface area (Å²) < 4.78 is 0. The SMILES string of the molecule is C=CC[C@@]1(C)C[C@H](c2cccc(Cl)c2)C(c2ccc(Cl)cc2)N([C@@H](CC)CC(C)O)C1=O. The van der Waals surface area contributed by atoms with Crippen molar-refractivity contribution in [1.29, 1.82) is 0 Å². The van der Waals surface area contributed by atoms with Gasteiger partial charge < -0.3 is 10.0 Å². The van der Waals surface area contributed by atoms with Crippen molar-refractivity contribution in [3.63, 3.8) is 0 Å². The number of rotatable bonds is 8. The van der Waals surface area contributed by atoms with Gasteiger partial charge in [0.15, 0.2) is 0 Å². The lowest BCUT2D eigenvalue weighted by molar-refractivity contribution is -0.155. The number of aliphatic hydroxyl groups excluding tert-OH is 1. The summed E-state index contributed by atoms with van der Waals surface area (Å²) in [5.74, 6) is 0.156. The maximum Gasteiger partial charge on any atom is 0.229 e. The second kappa shape index (κ2) is 10.4. The largest absolute Gasteiger partial charge is 0.393 e. The smallest absolute Gasteiger partial charge is 0.229 e. The Morgan fingerprint density at radius 2 is 1.88 bits per heavy atom. The number of allylic oxidation sites excluding steroid dienone is 1. The summed E-state index contributed by atoms with van der Waals surface area (Å²) in [5, 5.41) is 11.6. The number of carbonyl (C=O) groups excluding carboxylic acids is 1. The van der Waals surface area contributed by atoms with E-state index in [1.165, 1.54) is 0 Å². The van der Waals surface area contributed by atoms with E-state index >= 15 is 0 Å². The first-order valence-electron chi connectivity index (χ1n) is 11.3. The van der Waals surface area contributed by atoms with Gasteiger partial charge in [-0.3, -0.25) is 4.79 Å². The zero-order valence-corrected chi connectivity index (χ0v) is 20.6. The minimum Gasteiger partial charge on any atom is -0.393 e. The van der Waals surface area contributed by atoms with Crippen LogP contribution in [0.5, 0.6) is 0 Å². The van der Waals surface area contributed by atoms with Crippen molar-refractivity contribution in [3.05, 3.63) is 82.4 Å². The van der Waals surface area contributed by atoms with Crippen LogP contribution in [0.1, 0.15) is 69.5 Å². The summed E-state index contributed by atoms with van der Waals surface area (Å²) in [5.41, 5.74) is 1.57. The number of nitrogens with zero attached hydrogens (tertiary/aromatic N) is 1. The van der Waals surface area contributed by atoms with Crippen LogP contribution >= 0.6 is 23.2 Å². The van der Waals surface area contributed by atoms with Gasteiger partial charge >= 0.3 is 0 Å². The molecule has 3 rings (SSSR count). The number of piperidine rings is 1. The van der Waals surface area contributed by atoms with E-state index < -0.39 is 11.5 Å². The molecule has 0 aliphatic carbocycles. The molecule has 1 fully saturated rings. The van der Waals surface area contributed by atoms with Gasteiger partial charge in [-0.1, -0.05) is 67.4 Å². The van der Waals surface area contributed by atoms with Gasteiger partial charge in [0, 0.05) is 22.0 Å². The highest BCUT2D eigenvalue weighted by molar-refractivity contribution is 6.30. The predicted octanol–water partition coefficient (Wildman–Crippen LogP) is 7.18. The Bertz CT molecular complexity index is 943. The van der Waals surface area contributed by atoms with Crippen LogP contribution in [0.3, 0.4) is 0 Å². The number of hydrogen-bond acceptors (Lipinski definition) is 2. The van der Waals surface area contributed by atoms with Crippen LogP contribution in [-0.4, -0.2) is 28.1 Å². The molecule has 2 unspecified atom stereocenters. The number of likely N-dealkylation sites (tertiary alicyclic amines) is 1. The molecule has 0 saturated carbocycles. The van der Waals surface area contributed by atoms with Gasteiger partial charge in [-0.05, 0) is 68.0 Å². The van der Waals surface area contributed by atoms with Crippen LogP contribution in [0.4, 0.5) is 0 Å². The Kier molecular flexibility index (Phi) is 8.08. The molecule has 2 aromatic carbocycles. The molecule has 1 amide bonds. The summed E-state index contributed by atoms with van der Waals surface area (Å²) in [6, 6.07) is 15.4. The van der Waals surface area contributed by atoms with Gasteiger partial charge in [-0.2, -0.15) is 0 Å². The molecule has 5 atom stereocenters. The molecule has 2 aromatic rings. The van der Waals surface area contributed by atoms with E-state index in [9.17, 15) is 9.90 Å². The third-order valence-corrected chi connectivity index (χ3v) is 7.15. The lowest BCUT2D eigenvalue weighted by Gasteiger charge is -2.52. The molecule has 32 heavy (non-hydrogen) atoms. The highest BCUT2D eigenvalue weighted by atomic mass is 35.5. The third-order valence-electron chi connectivity index (χ3n) is 6.66. The summed E-state index contributed by atoms with van der Waals surface area (Å²) >= 11 is 12.6. The van der Waals surface area contributed by atoms with Crippen molar-refractivity contribution in [2.45, 2.75) is 70.6 Å². The number of halogens is 2. The van der Waals surface area contributed by atoms with Gasteiger partial charge in [0.25, 0.3) is 0 Å². The molecular formula is C27H33Cl2NO2. The maximum atomic E-state index is 14.1. The molecular weight excluding hydrogens is 441 g/mol. The minimum atomic E-state index is -0.580. The summed E-state index contributed by atoms with van der Waals surface area (Å²) in [6.07, 6.45) is 3.90. The van der Waals surface area contributed by atoms with Gasteiger partial charge in [0.2, 0.25) is 5.91 Å². The fraction of sp³-hybridized carbons (Fsp3) is 0.444. The fourth-order valence-corrected chi connectivity index (χ4v) is 5.48. The van der Waals surface area contributed by atoms with Crippen molar-refractivity contribution in [3.8, 4) is 0 Å². The minimum absolute atomic E-state index is 0.0422. The summed E-state index contributed by atoms with van der Waals surface area (Å²) in [4.78, 5) is 16.1. The monoisotopic (exact) mass is 473 g/mol. The first kappa shape index (κ1) is 24.8. The van der Waals surface area contributed by atoms with Gasteiger partial charge in [0.05, 0.1) is 17.6 Å². The van der Waals surface area contributed by atoms with Crippen LogP contribution in [-0.2, 0) is 4.79 Å². The zero-order valence-electron chi connectivity index (χ0n) is 19.1. The van der Waals surface area contributed by atoms with Crippen LogP contribution in [0.25, 0.3) is 0 Å². The van der Waals surface area contributed by atoms with Crippen molar-refractivity contribution in [2.75, 3.05) is 0 Å². The molecule has 0 radical (unpaired) electrons. The fourth-order valence-electron chi connectivity index (χ4n) is 5.16. The van der Waals surface area contributed by atoms with Crippen LogP contribution in [0, 0.1) is 5.41 Å². The van der Waals surface area contributed by atoms with Crippen molar-refractivity contribution >= 4 is 29.1 Å². The molecule has 1 N–H and O–H groups in total. The summed E-state index contributed by atoms with van der Waals surface area (Å²) in [7, 11) is 0. The maximum absolute atomic E-state index is 14.1. The summed E-state index contributed by atoms with van der Waals surface area (Å²) in [6.45, 7) is 9.82. The second-order valence-electron chi connectivity index (χ2n) is 9.27. The molecule has 1 aliphatic heterocycles. The number of aliphatic hydroxyl groups is 1. The van der Waals surface area contributed by atoms with Crippen molar-refractivity contribution in [2.24, 2.45) is 5.41 Å². The topological polar surface area (TPSA) is 40.5 Å². The molecule has 1 saturated heterocycles. The normalized spacial score (nSPS) is 25.4. The van der Waals surface area contributed by atoms with E-state index in [0.29, 0.717) is 29.3 Å². The average molecular weight is 474 g/mol. The zero-order chi connectivity index (χ0) is 23.5. The molecule has 0 aromatic heterocycles. The van der Waals surface area contributed by atoms with E-state index in [1.54, 1.807) is 6.92 Å². The van der Waals surface area contributed by atoms with Crippen molar-refractivity contribution < 1.29 is 9.90 Å². The van der Waals surface area contributed by atoms with Crippen LogP contribution in [0.15, 0.2) is 61.2 Å². The molecule has 5 heteroatoms. The third kappa shape index (κ3) is 5.22. The Hall–Kier alpha value is -1.81. The van der Waals surface area contributed by atoms with E-state index in [2.05, 4.69) is 19.6 Å². The van der Waals surface area contributed by atoms with Gasteiger partial charge in [0.1, 0.15) is 0 Å². The number of benzene rings is 2. The van der Waals surface area contributed by atoms with Gasteiger partial charge in [-0.15, -0.1) is 6.58 Å². The molecule has 0 spiro atoms. The lowest BCUT2D eigenvalue weighted by Crippen LogP contribution is -2.55. The van der Waals surface area contributed by atoms with Gasteiger partial charge in [-0.25, -0.2) is 0 Å². The van der Waals surface area contributed by atoms with E-state index in [-0.39, 0.29) is 23.9 Å². The predicted molar refractivity (Wildman–Crippen MR) is 133 cm³/mol. The van der Waals surface area contributed by atoms with Crippen molar-refractivity contribution in [1.82, 2.24) is 4.90 Å². The average Bonchev–Trinajstić information content (AvgIpc) is 2.75. The lowest BCUT2D eigenvalue weighted by atomic mass is 9.67. The van der Waals surface area contributed by atoms with E-state index in [4.69, 9.17) is 23.2 Å². The first-order valence-corrected chi connectivity index (χ1v) is 12.1. The first-order chi connectivity index (χ1) is 15.2. The van der Waals surface area contributed by atoms with Crippen LogP contribution < -0.4 is 0 Å². The number of amides is 1. The Labute approximate surface area is 202 Å².